The van der Waals surface area contributed by atoms with Crippen molar-refractivity contribution in [1.82, 2.24) is 10.2 Å². The van der Waals surface area contributed by atoms with E-state index < -0.39 is 0 Å². The molecule has 0 aromatic carbocycles. The average molecular weight is 238 g/mol. The quantitative estimate of drug-likeness (QED) is 0.795. The van der Waals surface area contributed by atoms with Crippen LogP contribution in [0.15, 0.2) is 0 Å². The Labute approximate surface area is 107 Å². The van der Waals surface area contributed by atoms with Crippen molar-refractivity contribution in [3.05, 3.63) is 0 Å². The molecular formula is C15H30N2. The van der Waals surface area contributed by atoms with Gasteiger partial charge in [0.2, 0.25) is 0 Å². The maximum Gasteiger partial charge on any atom is 0.00979 e. The molecule has 100 valence electrons. The highest BCUT2D eigenvalue weighted by Crippen LogP contribution is 2.29. The molecule has 1 saturated heterocycles. The third-order valence-electron chi connectivity index (χ3n) is 4.81. The molecule has 1 N–H and O–H groups in total. The van der Waals surface area contributed by atoms with Crippen LogP contribution in [-0.2, 0) is 0 Å². The summed E-state index contributed by atoms with van der Waals surface area (Å²) in [6, 6.07) is 2.33. The van der Waals surface area contributed by atoms with Gasteiger partial charge in [-0.15, -0.1) is 0 Å². The summed E-state index contributed by atoms with van der Waals surface area (Å²) in [6.45, 7) is 9.71. The molecule has 2 aliphatic rings. The lowest BCUT2D eigenvalue weighted by Crippen LogP contribution is -2.46. The average Bonchev–Trinajstić information content (AvgIpc) is 2.70. The lowest BCUT2D eigenvalue weighted by molar-refractivity contribution is 0.158. The van der Waals surface area contributed by atoms with Crippen LogP contribution in [0.5, 0.6) is 0 Å². The lowest BCUT2D eigenvalue weighted by Gasteiger charge is -2.35. The van der Waals surface area contributed by atoms with Crippen LogP contribution < -0.4 is 5.32 Å². The van der Waals surface area contributed by atoms with Crippen LogP contribution >= 0.6 is 0 Å². The van der Waals surface area contributed by atoms with Gasteiger partial charge in [-0.05, 0) is 64.5 Å². The zero-order valence-electron chi connectivity index (χ0n) is 11.9. The highest BCUT2D eigenvalue weighted by atomic mass is 15.2. The molecule has 4 atom stereocenters. The second-order valence-electron chi connectivity index (χ2n) is 6.36. The first-order chi connectivity index (χ1) is 8.19. The van der Waals surface area contributed by atoms with E-state index in [1.807, 2.05) is 0 Å². The fraction of sp³-hybridized carbons (Fsp3) is 1.00. The molecule has 17 heavy (non-hydrogen) atoms. The molecule has 2 rings (SSSR count). The van der Waals surface area contributed by atoms with Crippen molar-refractivity contribution < 1.29 is 0 Å². The van der Waals surface area contributed by atoms with E-state index >= 15 is 0 Å². The summed E-state index contributed by atoms with van der Waals surface area (Å²) >= 11 is 0. The minimum Gasteiger partial charge on any atom is -0.311 e. The molecule has 4 unspecified atom stereocenters. The molecule has 1 saturated carbocycles. The molecule has 0 aromatic heterocycles. The molecular weight excluding hydrogens is 208 g/mol. The first-order valence-corrected chi connectivity index (χ1v) is 7.69. The van der Waals surface area contributed by atoms with Crippen LogP contribution in [0.3, 0.4) is 0 Å². The number of nitrogens with zero attached hydrogens (tertiary/aromatic N) is 1. The standard InChI is InChI=1S/C15H30N2/c1-4-14-8-10-17(9-7-13(3)16-14)15-6-5-12(2)11-15/h12-16H,4-11H2,1-3H3. The first-order valence-electron chi connectivity index (χ1n) is 7.69. The molecule has 0 amide bonds. The Morgan fingerprint density at radius 2 is 1.82 bits per heavy atom. The monoisotopic (exact) mass is 238 g/mol. The van der Waals surface area contributed by atoms with Crippen LogP contribution in [0.1, 0.15) is 59.3 Å². The van der Waals surface area contributed by atoms with Gasteiger partial charge in [-0.1, -0.05) is 13.8 Å². The van der Waals surface area contributed by atoms with E-state index in [2.05, 4.69) is 31.0 Å². The van der Waals surface area contributed by atoms with Crippen LogP contribution in [0.4, 0.5) is 0 Å². The minimum absolute atomic E-state index is 0.696. The van der Waals surface area contributed by atoms with Gasteiger partial charge in [0, 0.05) is 18.1 Å². The topological polar surface area (TPSA) is 15.3 Å². The van der Waals surface area contributed by atoms with E-state index in [0.717, 1.165) is 18.0 Å². The number of hydrogen-bond donors (Lipinski definition) is 1. The first kappa shape index (κ1) is 13.4. The summed E-state index contributed by atoms with van der Waals surface area (Å²) in [4.78, 5) is 2.80. The summed E-state index contributed by atoms with van der Waals surface area (Å²) in [5.41, 5.74) is 0. The largest absolute Gasteiger partial charge is 0.311 e. The molecule has 1 heterocycles. The minimum atomic E-state index is 0.696. The van der Waals surface area contributed by atoms with Gasteiger partial charge in [0.1, 0.15) is 0 Å². The van der Waals surface area contributed by atoms with Crippen LogP contribution in [0, 0.1) is 5.92 Å². The Morgan fingerprint density at radius 3 is 2.47 bits per heavy atom. The number of rotatable bonds is 2. The third kappa shape index (κ3) is 3.69. The Kier molecular flexibility index (Phi) is 4.87. The molecule has 0 bridgehead atoms. The SMILES string of the molecule is CCC1CCN(C2CCC(C)C2)CCC(C)N1. The van der Waals surface area contributed by atoms with Gasteiger partial charge in [0.05, 0.1) is 0 Å². The highest BCUT2D eigenvalue weighted by molar-refractivity contribution is 4.85. The molecule has 0 radical (unpaired) electrons. The Bertz CT molecular complexity index is 229. The van der Waals surface area contributed by atoms with Gasteiger partial charge in [0.25, 0.3) is 0 Å². The van der Waals surface area contributed by atoms with Crippen LogP contribution in [0.2, 0.25) is 0 Å². The van der Waals surface area contributed by atoms with Crippen molar-refractivity contribution >= 4 is 0 Å². The summed E-state index contributed by atoms with van der Waals surface area (Å²) in [5.74, 6) is 0.961. The molecule has 0 spiro atoms. The van der Waals surface area contributed by atoms with Gasteiger partial charge in [-0.25, -0.2) is 0 Å². The van der Waals surface area contributed by atoms with Crippen molar-refractivity contribution in [2.45, 2.75) is 77.4 Å². The van der Waals surface area contributed by atoms with Crippen molar-refractivity contribution in [2.24, 2.45) is 5.92 Å². The van der Waals surface area contributed by atoms with E-state index in [-0.39, 0.29) is 0 Å². The maximum atomic E-state index is 3.76. The summed E-state index contributed by atoms with van der Waals surface area (Å²) < 4.78 is 0. The fourth-order valence-electron chi connectivity index (χ4n) is 3.56. The van der Waals surface area contributed by atoms with Gasteiger partial charge < -0.3 is 10.2 Å². The summed E-state index contributed by atoms with van der Waals surface area (Å²) in [5, 5.41) is 3.76. The van der Waals surface area contributed by atoms with Gasteiger partial charge in [0.15, 0.2) is 0 Å². The third-order valence-corrected chi connectivity index (χ3v) is 4.81. The molecule has 2 heteroatoms. The second kappa shape index (κ2) is 6.19. The molecule has 2 nitrogen and oxygen atoms in total. The molecule has 2 fully saturated rings. The molecule has 0 aromatic rings. The summed E-state index contributed by atoms with van der Waals surface area (Å²) in [7, 11) is 0. The zero-order valence-corrected chi connectivity index (χ0v) is 11.9. The van der Waals surface area contributed by atoms with E-state index in [1.54, 1.807) is 0 Å². The fourth-order valence-corrected chi connectivity index (χ4v) is 3.56. The van der Waals surface area contributed by atoms with E-state index in [9.17, 15) is 0 Å². The number of hydrogen-bond acceptors (Lipinski definition) is 2. The maximum absolute atomic E-state index is 3.76. The molecule has 1 aliphatic carbocycles. The van der Waals surface area contributed by atoms with E-state index in [4.69, 9.17) is 0 Å². The van der Waals surface area contributed by atoms with Crippen LogP contribution in [0.25, 0.3) is 0 Å². The van der Waals surface area contributed by atoms with Gasteiger partial charge >= 0.3 is 0 Å². The van der Waals surface area contributed by atoms with E-state index in [0.29, 0.717) is 6.04 Å². The highest BCUT2D eigenvalue weighted by Gasteiger charge is 2.28. The predicted octanol–water partition coefficient (Wildman–Crippen LogP) is 3.03. The lowest BCUT2D eigenvalue weighted by atomic mass is 10.0. The normalized spacial score (nSPS) is 41.1. The molecule has 1 aliphatic heterocycles. The van der Waals surface area contributed by atoms with Gasteiger partial charge in [-0.2, -0.15) is 0 Å². The van der Waals surface area contributed by atoms with Crippen molar-refractivity contribution in [3.8, 4) is 0 Å². The predicted molar refractivity (Wildman–Crippen MR) is 74.3 cm³/mol. The van der Waals surface area contributed by atoms with Gasteiger partial charge in [-0.3, -0.25) is 0 Å². The Hall–Kier alpha value is -0.0800. The van der Waals surface area contributed by atoms with E-state index in [1.165, 1.54) is 51.6 Å². The zero-order chi connectivity index (χ0) is 12.3. The Morgan fingerprint density at radius 1 is 1.06 bits per heavy atom. The van der Waals surface area contributed by atoms with Crippen molar-refractivity contribution in [3.63, 3.8) is 0 Å². The van der Waals surface area contributed by atoms with Crippen molar-refractivity contribution in [1.29, 1.82) is 0 Å². The second-order valence-corrected chi connectivity index (χ2v) is 6.36. The Balaban J connectivity index is 1.89. The summed E-state index contributed by atoms with van der Waals surface area (Å²) in [6.07, 6.45) is 8.27. The smallest absolute Gasteiger partial charge is 0.00979 e. The number of nitrogens with one attached hydrogen (secondary N) is 1. The van der Waals surface area contributed by atoms with Crippen LogP contribution in [-0.4, -0.2) is 36.1 Å². The van der Waals surface area contributed by atoms with Crippen molar-refractivity contribution in [2.75, 3.05) is 13.1 Å².